The van der Waals surface area contributed by atoms with E-state index in [9.17, 15) is 33.9 Å². The van der Waals surface area contributed by atoms with Gasteiger partial charge in [0.05, 0.1) is 18.9 Å². The van der Waals surface area contributed by atoms with Crippen LogP contribution in [0.2, 0.25) is 0 Å². The van der Waals surface area contributed by atoms with Crippen LogP contribution in [0.25, 0.3) is 0 Å². The molecule has 1 aliphatic heterocycles. The Morgan fingerprint density at radius 2 is 1.51 bits per heavy atom. The molecule has 0 aliphatic carbocycles. The lowest BCUT2D eigenvalue weighted by Gasteiger charge is -2.29. The maximum absolute atomic E-state index is 13.0. The van der Waals surface area contributed by atoms with E-state index in [0.717, 1.165) is 13.3 Å². The molecule has 0 saturated carbocycles. The van der Waals surface area contributed by atoms with Crippen LogP contribution in [-0.4, -0.2) is 94.5 Å². The Bertz CT molecular complexity index is 776. The zero-order valence-corrected chi connectivity index (χ0v) is 19.8. The number of aliphatic carboxylic acids is 2. The minimum Gasteiger partial charge on any atom is -0.481 e. The van der Waals surface area contributed by atoms with Crippen molar-refractivity contribution in [3.63, 3.8) is 0 Å². The van der Waals surface area contributed by atoms with Gasteiger partial charge in [-0.3, -0.25) is 33.7 Å². The summed E-state index contributed by atoms with van der Waals surface area (Å²) in [6.07, 6.45) is 1.70. The van der Waals surface area contributed by atoms with Gasteiger partial charge >= 0.3 is 11.9 Å². The second kappa shape index (κ2) is 14.9. The summed E-state index contributed by atoms with van der Waals surface area (Å²) in [5.74, 6) is -5.66. The number of carboxylic acid groups (broad SMARTS) is 2. The summed E-state index contributed by atoms with van der Waals surface area (Å²) in [5.41, 5.74) is 11.0. The van der Waals surface area contributed by atoms with Gasteiger partial charge in [0.25, 0.3) is 0 Å². The third-order valence-electron chi connectivity index (χ3n) is 5.58. The van der Waals surface area contributed by atoms with Crippen LogP contribution in [0.15, 0.2) is 0 Å². The first-order valence-electron chi connectivity index (χ1n) is 11.5. The number of carboxylic acids is 2. The lowest BCUT2D eigenvalue weighted by atomic mass is 10.1. The van der Waals surface area contributed by atoms with Crippen LogP contribution in [0.4, 0.5) is 0 Å². The molecule has 1 rings (SSSR count). The first-order chi connectivity index (χ1) is 16.4. The molecule has 4 amide bonds. The SMILES string of the molecule is CC(=O)NC(CC(=O)O)C(=O)NC(CC(=O)O)C(=O)NC(CCCCN)CN1CCCC1C(N)=O. The average Bonchev–Trinajstić information content (AvgIpc) is 3.20. The zero-order valence-electron chi connectivity index (χ0n) is 19.8. The van der Waals surface area contributed by atoms with Gasteiger partial charge in [-0.05, 0) is 38.8 Å². The number of nitrogens with one attached hydrogen (secondary N) is 3. The molecule has 4 atom stereocenters. The fourth-order valence-corrected chi connectivity index (χ4v) is 3.98. The summed E-state index contributed by atoms with van der Waals surface area (Å²) in [6.45, 7) is 2.44. The van der Waals surface area contributed by atoms with Crippen LogP contribution in [-0.2, 0) is 28.8 Å². The lowest BCUT2D eigenvalue weighted by molar-refractivity contribution is -0.143. The molecule has 4 unspecified atom stereocenters. The van der Waals surface area contributed by atoms with Crippen LogP contribution in [0.5, 0.6) is 0 Å². The monoisotopic (exact) mass is 500 g/mol. The number of nitrogens with zero attached hydrogens (tertiary/aromatic N) is 1. The summed E-state index contributed by atoms with van der Waals surface area (Å²) in [4.78, 5) is 72.9. The highest BCUT2D eigenvalue weighted by Gasteiger charge is 2.33. The quantitative estimate of drug-likeness (QED) is 0.110. The van der Waals surface area contributed by atoms with Crippen molar-refractivity contribution in [2.75, 3.05) is 19.6 Å². The van der Waals surface area contributed by atoms with E-state index in [2.05, 4.69) is 16.0 Å². The number of likely N-dealkylation sites (tertiary alicyclic amines) is 1. The maximum atomic E-state index is 13.0. The Balaban J connectivity index is 2.98. The molecule has 9 N–H and O–H groups in total. The molecule has 0 spiro atoms. The number of rotatable bonds is 16. The predicted octanol–water partition coefficient (Wildman–Crippen LogP) is -2.51. The topological polar surface area (TPSA) is 234 Å². The minimum absolute atomic E-state index is 0.297. The predicted molar refractivity (Wildman–Crippen MR) is 123 cm³/mol. The highest BCUT2D eigenvalue weighted by Crippen LogP contribution is 2.18. The molecule has 0 aromatic rings. The summed E-state index contributed by atoms with van der Waals surface area (Å²) >= 11 is 0. The Kier molecular flexibility index (Phi) is 12.7. The number of primary amides is 1. The minimum atomic E-state index is -1.52. The van der Waals surface area contributed by atoms with Gasteiger partial charge < -0.3 is 37.6 Å². The van der Waals surface area contributed by atoms with Gasteiger partial charge in [-0.15, -0.1) is 0 Å². The first kappa shape index (κ1) is 29.8. The Labute approximate surface area is 203 Å². The van der Waals surface area contributed by atoms with E-state index in [1.165, 1.54) is 0 Å². The van der Waals surface area contributed by atoms with Crippen LogP contribution in [0.3, 0.4) is 0 Å². The van der Waals surface area contributed by atoms with Crippen LogP contribution >= 0.6 is 0 Å². The molecule has 0 aromatic heterocycles. The molecule has 14 nitrogen and oxygen atoms in total. The molecular formula is C21H36N6O8. The smallest absolute Gasteiger partial charge is 0.305 e. The van der Waals surface area contributed by atoms with Gasteiger partial charge in [-0.1, -0.05) is 6.42 Å². The number of nitrogens with two attached hydrogens (primary N) is 2. The van der Waals surface area contributed by atoms with E-state index in [4.69, 9.17) is 16.6 Å². The normalized spacial score (nSPS) is 18.2. The highest BCUT2D eigenvalue weighted by molar-refractivity contribution is 5.95. The van der Waals surface area contributed by atoms with Gasteiger partial charge in [0, 0.05) is 19.5 Å². The van der Waals surface area contributed by atoms with Gasteiger partial charge in [-0.2, -0.15) is 0 Å². The zero-order chi connectivity index (χ0) is 26.5. The van der Waals surface area contributed by atoms with Gasteiger partial charge in [0.2, 0.25) is 23.6 Å². The summed E-state index contributed by atoms with van der Waals surface area (Å²) in [6, 6.07) is -3.96. The van der Waals surface area contributed by atoms with Crippen molar-refractivity contribution in [3.8, 4) is 0 Å². The van der Waals surface area contributed by atoms with Crippen LogP contribution in [0.1, 0.15) is 51.9 Å². The van der Waals surface area contributed by atoms with Crippen molar-refractivity contribution < 1.29 is 39.0 Å². The van der Waals surface area contributed by atoms with Crippen molar-refractivity contribution in [2.24, 2.45) is 11.5 Å². The summed E-state index contributed by atoms with van der Waals surface area (Å²) in [5, 5.41) is 25.4. The van der Waals surface area contributed by atoms with E-state index >= 15 is 0 Å². The Morgan fingerprint density at radius 3 is 2.03 bits per heavy atom. The second-order valence-corrected chi connectivity index (χ2v) is 8.56. The van der Waals surface area contributed by atoms with Crippen molar-refractivity contribution >= 4 is 35.6 Å². The van der Waals surface area contributed by atoms with Crippen LogP contribution in [0, 0.1) is 0 Å². The van der Waals surface area contributed by atoms with E-state index in [1.807, 2.05) is 4.90 Å². The van der Waals surface area contributed by atoms with E-state index in [0.29, 0.717) is 45.3 Å². The molecular weight excluding hydrogens is 464 g/mol. The Morgan fingerprint density at radius 1 is 0.943 bits per heavy atom. The lowest BCUT2D eigenvalue weighted by Crippen LogP contribution is -2.57. The van der Waals surface area contributed by atoms with Crippen molar-refractivity contribution in [3.05, 3.63) is 0 Å². The van der Waals surface area contributed by atoms with Crippen molar-refractivity contribution in [1.29, 1.82) is 0 Å². The number of amides is 4. The number of hydrogen-bond donors (Lipinski definition) is 7. The van der Waals surface area contributed by atoms with E-state index in [-0.39, 0.29) is 0 Å². The molecule has 0 bridgehead atoms. The summed E-state index contributed by atoms with van der Waals surface area (Å²) < 4.78 is 0. The average molecular weight is 501 g/mol. The molecule has 0 radical (unpaired) electrons. The number of carbonyl (C=O) groups is 6. The Hall–Kier alpha value is -3.26. The molecule has 35 heavy (non-hydrogen) atoms. The van der Waals surface area contributed by atoms with Crippen molar-refractivity contribution in [1.82, 2.24) is 20.9 Å². The molecule has 1 aliphatic rings. The van der Waals surface area contributed by atoms with Gasteiger partial charge in [0.15, 0.2) is 0 Å². The third-order valence-corrected chi connectivity index (χ3v) is 5.58. The molecule has 1 saturated heterocycles. The third kappa shape index (κ3) is 11.1. The maximum Gasteiger partial charge on any atom is 0.305 e. The second-order valence-electron chi connectivity index (χ2n) is 8.56. The molecule has 1 heterocycles. The van der Waals surface area contributed by atoms with Crippen molar-refractivity contribution in [2.45, 2.75) is 76.0 Å². The summed E-state index contributed by atoms with van der Waals surface area (Å²) in [7, 11) is 0. The molecule has 14 heteroatoms. The standard InChI is InChI=1S/C21H36N6O8/c1-12(28)24-14(9-17(29)30)21(35)26-15(10-18(31)32)20(34)25-13(5-2-3-7-22)11-27-8-4-6-16(27)19(23)33/h13-16H,2-11,22H2,1H3,(H2,23,33)(H,24,28)(H,25,34)(H,26,35)(H,29,30)(H,31,32). The largest absolute Gasteiger partial charge is 0.481 e. The van der Waals surface area contributed by atoms with Gasteiger partial charge in [0.1, 0.15) is 12.1 Å². The number of carbonyl (C=O) groups excluding carboxylic acids is 4. The van der Waals surface area contributed by atoms with Crippen LogP contribution < -0.4 is 27.4 Å². The fraction of sp³-hybridized carbons (Fsp3) is 0.714. The molecule has 0 aromatic carbocycles. The number of hydrogen-bond acceptors (Lipinski definition) is 8. The molecule has 198 valence electrons. The fourth-order valence-electron chi connectivity index (χ4n) is 3.98. The van der Waals surface area contributed by atoms with Gasteiger partial charge in [-0.25, -0.2) is 0 Å². The van der Waals surface area contributed by atoms with E-state index < -0.39 is 72.6 Å². The van der Waals surface area contributed by atoms with E-state index in [1.54, 1.807) is 0 Å². The number of unbranched alkanes of at least 4 members (excludes halogenated alkanes) is 1. The molecule has 1 fully saturated rings. The highest BCUT2D eigenvalue weighted by atomic mass is 16.4. The first-order valence-corrected chi connectivity index (χ1v) is 11.5.